The van der Waals surface area contributed by atoms with Crippen LogP contribution in [-0.2, 0) is 6.54 Å². The van der Waals surface area contributed by atoms with Gasteiger partial charge in [-0.3, -0.25) is 4.90 Å². The normalized spacial score (nSPS) is 23.9. The molecule has 2 amide bonds. The number of halogens is 1. The summed E-state index contributed by atoms with van der Waals surface area (Å²) >= 11 is 0. The first kappa shape index (κ1) is 19.9. The number of rotatable bonds is 5. The molecule has 29 heavy (non-hydrogen) atoms. The summed E-state index contributed by atoms with van der Waals surface area (Å²) in [7, 11) is 0. The quantitative estimate of drug-likeness (QED) is 0.725. The van der Waals surface area contributed by atoms with Crippen molar-refractivity contribution in [2.75, 3.05) is 5.32 Å². The van der Waals surface area contributed by atoms with E-state index in [9.17, 15) is 9.18 Å². The van der Waals surface area contributed by atoms with Gasteiger partial charge in [-0.05, 0) is 67.0 Å². The lowest BCUT2D eigenvalue weighted by Crippen LogP contribution is -2.50. The molecule has 0 aliphatic carbocycles. The van der Waals surface area contributed by atoms with Crippen LogP contribution < -0.4 is 10.6 Å². The fourth-order valence-electron chi connectivity index (χ4n) is 4.75. The van der Waals surface area contributed by atoms with Crippen LogP contribution in [0, 0.1) is 5.82 Å². The van der Waals surface area contributed by atoms with E-state index in [0.717, 1.165) is 30.6 Å². The number of carbonyl (C=O) groups excluding carboxylic acids is 1. The number of hydrogen-bond donors (Lipinski definition) is 2. The summed E-state index contributed by atoms with van der Waals surface area (Å²) in [6, 6.07) is 15.9. The third-order valence-corrected chi connectivity index (χ3v) is 6.33. The van der Waals surface area contributed by atoms with Crippen LogP contribution in [0.5, 0.6) is 0 Å². The number of fused-ring (bicyclic) bond motifs is 2. The fraction of sp³-hybridized carbons (Fsp3) is 0.458. The molecule has 2 heterocycles. The highest BCUT2D eigenvalue weighted by Gasteiger charge is 2.40. The van der Waals surface area contributed by atoms with Crippen LogP contribution in [0.3, 0.4) is 0 Å². The third kappa shape index (κ3) is 4.78. The van der Waals surface area contributed by atoms with Crippen molar-refractivity contribution in [1.29, 1.82) is 0 Å². The molecule has 0 spiro atoms. The van der Waals surface area contributed by atoms with Gasteiger partial charge in [-0.2, -0.15) is 0 Å². The van der Waals surface area contributed by atoms with Crippen molar-refractivity contribution in [3.63, 3.8) is 0 Å². The number of carbonyl (C=O) groups is 1. The van der Waals surface area contributed by atoms with Gasteiger partial charge in [-0.15, -0.1) is 0 Å². The third-order valence-electron chi connectivity index (χ3n) is 6.33. The summed E-state index contributed by atoms with van der Waals surface area (Å²) in [6.45, 7) is 5.18. The number of hydrogen-bond acceptors (Lipinski definition) is 2. The number of piperidine rings is 1. The molecule has 154 valence electrons. The van der Waals surface area contributed by atoms with Crippen molar-refractivity contribution < 1.29 is 9.18 Å². The number of amides is 2. The molecule has 2 saturated heterocycles. The second kappa shape index (κ2) is 8.54. The first-order valence-corrected chi connectivity index (χ1v) is 10.7. The number of urea groups is 1. The second-order valence-corrected chi connectivity index (χ2v) is 8.73. The molecule has 2 aromatic rings. The minimum Gasteiger partial charge on any atom is -0.335 e. The summed E-state index contributed by atoms with van der Waals surface area (Å²) in [4.78, 5) is 15.0. The zero-order valence-electron chi connectivity index (χ0n) is 17.2. The summed E-state index contributed by atoms with van der Waals surface area (Å²) in [5, 5.41) is 6.13. The van der Waals surface area contributed by atoms with Crippen LogP contribution in [0.4, 0.5) is 14.9 Å². The zero-order chi connectivity index (χ0) is 20.4. The Morgan fingerprint density at radius 3 is 2.24 bits per heavy atom. The molecule has 4 nitrogen and oxygen atoms in total. The van der Waals surface area contributed by atoms with Gasteiger partial charge < -0.3 is 10.6 Å². The largest absolute Gasteiger partial charge is 0.335 e. The summed E-state index contributed by atoms with van der Waals surface area (Å²) in [5.74, 6) is 0.290. The molecule has 2 bridgehead atoms. The van der Waals surface area contributed by atoms with Crippen LogP contribution in [0.1, 0.15) is 56.6 Å². The van der Waals surface area contributed by atoms with E-state index in [0.29, 0.717) is 18.0 Å². The maximum Gasteiger partial charge on any atom is 0.319 e. The number of nitrogens with zero attached hydrogens (tertiary/aromatic N) is 1. The Balaban J connectivity index is 1.30. The van der Waals surface area contributed by atoms with Crippen molar-refractivity contribution in [2.45, 2.75) is 70.1 Å². The molecule has 2 fully saturated rings. The molecule has 0 radical (unpaired) electrons. The molecular weight excluding hydrogens is 365 g/mol. The topological polar surface area (TPSA) is 44.4 Å². The van der Waals surface area contributed by atoms with E-state index in [1.54, 1.807) is 0 Å². The lowest BCUT2D eigenvalue weighted by Gasteiger charge is -2.39. The molecule has 0 saturated carbocycles. The molecule has 2 atom stereocenters. The van der Waals surface area contributed by atoms with E-state index in [-0.39, 0.29) is 17.9 Å². The molecule has 2 aliphatic heterocycles. The molecule has 2 aromatic carbocycles. The maximum atomic E-state index is 13.2. The molecule has 5 heteroatoms. The van der Waals surface area contributed by atoms with Crippen molar-refractivity contribution in [3.05, 3.63) is 65.5 Å². The van der Waals surface area contributed by atoms with Gasteiger partial charge in [0.2, 0.25) is 0 Å². The molecule has 0 aromatic heterocycles. The van der Waals surface area contributed by atoms with Gasteiger partial charge in [0, 0.05) is 30.4 Å². The Hall–Kier alpha value is -2.40. The van der Waals surface area contributed by atoms with Crippen molar-refractivity contribution in [3.8, 4) is 0 Å². The minimum atomic E-state index is -0.190. The van der Waals surface area contributed by atoms with Gasteiger partial charge in [0.25, 0.3) is 0 Å². The van der Waals surface area contributed by atoms with Gasteiger partial charge in [0.15, 0.2) is 0 Å². The van der Waals surface area contributed by atoms with E-state index in [2.05, 4.69) is 41.5 Å². The SMILES string of the molecule is CC(C)c1ccc(NC(=O)NC2CC3CCC(C2)N3Cc2ccc(F)cc2)cc1. The lowest BCUT2D eigenvalue weighted by atomic mass is 9.96. The average molecular weight is 396 g/mol. The predicted molar refractivity (Wildman–Crippen MR) is 114 cm³/mol. The zero-order valence-corrected chi connectivity index (χ0v) is 17.2. The summed E-state index contributed by atoms with van der Waals surface area (Å²) in [5.41, 5.74) is 3.24. The van der Waals surface area contributed by atoms with Gasteiger partial charge in [0.05, 0.1) is 0 Å². The molecule has 4 rings (SSSR count). The van der Waals surface area contributed by atoms with Crippen LogP contribution in [-0.4, -0.2) is 29.1 Å². The number of anilines is 1. The van der Waals surface area contributed by atoms with Gasteiger partial charge in [-0.1, -0.05) is 38.1 Å². The molecule has 2 unspecified atom stereocenters. The van der Waals surface area contributed by atoms with Crippen LogP contribution >= 0.6 is 0 Å². The van der Waals surface area contributed by atoms with E-state index in [1.165, 1.54) is 30.5 Å². The standard InChI is InChI=1S/C24H30FN3O/c1-16(2)18-5-9-20(10-6-18)26-24(29)27-21-13-22-11-12-23(14-21)28(22)15-17-3-7-19(25)8-4-17/h3-10,16,21-23H,11-15H2,1-2H3,(H2,26,27,29). The second-order valence-electron chi connectivity index (χ2n) is 8.73. The first-order valence-electron chi connectivity index (χ1n) is 10.7. The predicted octanol–water partition coefficient (Wildman–Crippen LogP) is 5.27. The van der Waals surface area contributed by atoms with Crippen LogP contribution in [0.2, 0.25) is 0 Å². The Kier molecular flexibility index (Phi) is 5.86. The molecule has 2 N–H and O–H groups in total. The molecular formula is C24H30FN3O. The average Bonchev–Trinajstić information content (AvgIpc) is 2.92. The Morgan fingerprint density at radius 2 is 1.66 bits per heavy atom. The summed E-state index contributed by atoms with van der Waals surface area (Å²) < 4.78 is 13.2. The molecule has 2 aliphatic rings. The highest BCUT2D eigenvalue weighted by atomic mass is 19.1. The number of nitrogens with one attached hydrogen (secondary N) is 2. The van der Waals surface area contributed by atoms with E-state index >= 15 is 0 Å². The van der Waals surface area contributed by atoms with Crippen molar-refractivity contribution in [1.82, 2.24) is 10.2 Å². The summed E-state index contributed by atoms with van der Waals surface area (Å²) in [6.07, 6.45) is 4.28. The maximum absolute atomic E-state index is 13.2. The highest BCUT2D eigenvalue weighted by molar-refractivity contribution is 5.89. The van der Waals surface area contributed by atoms with Crippen molar-refractivity contribution in [2.24, 2.45) is 0 Å². The lowest BCUT2D eigenvalue weighted by molar-refractivity contribution is 0.112. The van der Waals surface area contributed by atoms with Gasteiger partial charge in [-0.25, -0.2) is 9.18 Å². The monoisotopic (exact) mass is 395 g/mol. The fourth-order valence-corrected chi connectivity index (χ4v) is 4.75. The number of benzene rings is 2. The smallest absolute Gasteiger partial charge is 0.319 e. The Morgan fingerprint density at radius 1 is 1.03 bits per heavy atom. The minimum absolute atomic E-state index is 0.126. The Labute approximate surface area is 172 Å². The van der Waals surface area contributed by atoms with E-state index < -0.39 is 0 Å². The van der Waals surface area contributed by atoms with Gasteiger partial charge in [0.1, 0.15) is 5.82 Å². The van der Waals surface area contributed by atoms with E-state index in [4.69, 9.17) is 0 Å². The van der Waals surface area contributed by atoms with E-state index in [1.807, 2.05) is 24.3 Å². The highest BCUT2D eigenvalue weighted by Crippen LogP contribution is 2.37. The Bertz CT molecular complexity index is 820. The van der Waals surface area contributed by atoms with Crippen LogP contribution in [0.15, 0.2) is 48.5 Å². The van der Waals surface area contributed by atoms with Gasteiger partial charge >= 0.3 is 6.03 Å². The van der Waals surface area contributed by atoms with Crippen LogP contribution in [0.25, 0.3) is 0 Å². The van der Waals surface area contributed by atoms with Crippen molar-refractivity contribution >= 4 is 11.7 Å². The first-order chi connectivity index (χ1) is 14.0.